The lowest BCUT2D eigenvalue weighted by Gasteiger charge is -2.11. The van der Waals surface area contributed by atoms with Gasteiger partial charge in [0, 0.05) is 4.47 Å². The first-order valence-electron chi connectivity index (χ1n) is 3.13. The van der Waals surface area contributed by atoms with Crippen molar-refractivity contribution in [3.05, 3.63) is 39.6 Å². The monoisotopic (exact) mass is 198 g/mol. The average molecular weight is 199 g/mol. The Labute approximate surface area is 69.6 Å². The zero-order chi connectivity index (χ0) is 7.40. The van der Waals surface area contributed by atoms with Gasteiger partial charge in [-0.15, -0.1) is 6.54 Å². The van der Waals surface area contributed by atoms with Crippen LogP contribution in [-0.4, -0.2) is 7.05 Å². The highest BCUT2D eigenvalue weighted by Gasteiger charge is 1.89. The van der Waals surface area contributed by atoms with Crippen LogP contribution >= 0.6 is 15.9 Å². The first-order chi connectivity index (χ1) is 4.84. The van der Waals surface area contributed by atoms with Gasteiger partial charge >= 0.3 is 0 Å². The Kier molecular flexibility index (Phi) is 2.90. The van der Waals surface area contributed by atoms with E-state index in [2.05, 4.69) is 27.3 Å². The molecular formula is C8H9BrN-. The molecule has 0 aliphatic rings. The van der Waals surface area contributed by atoms with E-state index in [-0.39, 0.29) is 0 Å². The molecule has 0 saturated heterocycles. The van der Waals surface area contributed by atoms with E-state index in [9.17, 15) is 0 Å². The number of nitrogens with zero attached hydrogens (tertiary/aromatic N) is 1. The summed E-state index contributed by atoms with van der Waals surface area (Å²) in [5.74, 6) is 0. The minimum Gasteiger partial charge on any atom is -0.661 e. The van der Waals surface area contributed by atoms with Crippen LogP contribution in [0.2, 0.25) is 0 Å². The van der Waals surface area contributed by atoms with E-state index in [1.54, 1.807) is 0 Å². The molecule has 0 atom stereocenters. The minimum absolute atomic E-state index is 0.793. The van der Waals surface area contributed by atoms with Crippen molar-refractivity contribution in [3.63, 3.8) is 0 Å². The molecule has 0 aliphatic heterocycles. The fraction of sp³-hybridized carbons (Fsp3) is 0.250. The normalized spacial score (nSPS) is 9.80. The highest BCUT2D eigenvalue weighted by Crippen LogP contribution is 2.17. The second-order valence-corrected chi connectivity index (χ2v) is 2.92. The van der Waals surface area contributed by atoms with E-state index >= 15 is 0 Å². The third-order valence-corrected chi connectivity index (χ3v) is 2.06. The van der Waals surface area contributed by atoms with Gasteiger partial charge in [0.15, 0.2) is 0 Å². The fourth-order valence-electron chi connectivity index (χ4n) is 0.797. The Morgan fingerprint density at radius 1 is 1.40 bits per heavy atom. The highest BCUT2D eigenvalue weighted by molar-refractivity contribution is 9.10. The molecule has 54 valence electrons. The SMILES string of the molecule is C[N-]Cc1ccccc1Br. The molecule has 0 aromatic heterocycles. The van der Waals surface area contributed by atoms with Crippen molar-refractivity contribution in [2.24, 2.45) is 0 Å². The second-order valence-electron chi connectivity index (χ2n) is 2.07. The van der Waals surface area contributed by atoms with E-state index in [4.69, 9.17) is 0 Å². The predicted molar refractivity (Wildman–Crippen MR) is 47.1 cm³/mol. The Morgan fingerprint density at radius 3 is 2.70 bits per heavy atom. The van der Waals surface area contributed by atoms with Crippen molar-refractivity contribution >= 4 is 15.9 Å². The fourth-order valence-corrected chi connectivity index (χ4v) is 1.21. The van der Waals surface area contributed by atoms with Crippen molar-refractivity contribution in [1.29, 1.82) is 0 Å². The standard InChI is InChI=1S/C8H9BrN/c1-10-6-7-4-2-3-5-8(7)9/h2-5H,6H2,1H3/q-1. The maximum absolute atomic E-state index is 4.04. The lowest BCUT2D eigenvalue weighted by atomic mass is 10.2. The van der Waals surface area contributed by atoms with Crippen LogP contribution in [0, 0.1) is 0 Å². The summed E-state index contributed by atoms with van der Waals surface area (Å²) in [7, 11) is 1.82. The van der Waals surface area contributed by atoms with Crippen LogP contribution in [0.1, 0.15) is 5.56 Å². The van der Waals surface area contributed by atoms with E-state index in [0.717, 1.165) is 11.0 Å². The molecule has 1 rings (SSSR count). The molecule has 0 N–H and O–H groups in total. The van der Waals surface area contributed by atoms with Gasteiger partial charge in [0.1, 0.15) is 0 Å². The molecule has 0 radical (unpaired) electrons. The summed E-state index contributed by atoms with van der Waals surface area (Å²) in [4.78, 5) is 0. The van der Waals surface area contributed by atoms with E-state index in [0.29, 0.717) is 0 Å². The van der Waals surface area contributed by atoms with Gasteiger partial charge in [0.2, 0.25) is 0 Å². The van der Waals surface area contributed by atoms with Gasteiger partial charge in [0.25, 0.3) is 0 Å². The Hall–Kier alpha value is -0.340. The molecular weight excluding hydrogens is 190 g/mol. The van der Waals surface area contributed by atoms with Gasteiger partial charge in [-0.3, -0.25) is 0 Å². The number of rotatable bonds is 2. The van der Waals surface area contributed by atoms with Gasteiger partial charge in [-0.1, -0.05) is 39.7 Å². The number of halogens is 1. The van der Waals surface area contributed by atoms with E-state index < -0.39 is 0 Å². The summed E-state index contributed by atoms with van der Waals surface area (Å²) in [6.07, 6.45) is 0. The zero-order valence-corrected chi connectivity index (χ0v) is 7.43. The van der Waals surface area contributed by atoms with Gasteiger partial charge in [0.05, 0.1) is 0 Å². The van der Waals surface area contributed by atoms with Crippen molar-refractivity contribution in [3.8, 4) is 0 Å². The molecule has 0 amide bonds. The van der Waals surface area contributed by atoms with Crippen LogP contribution in [0.5, 0.6) is 0 Å². The molecule has 0 heterocycles. The highest BCUT2D eigenvalue weighted by atomic mass is 79.9. The van der Waals surface area contributed by atoms with Crippen LogP contribution in [0.3, 0.4) is 0 Å². The molecule has 1 aromatic rings. The Morgan fingerprint density at radius 2 is 2.10 bits per heavy atom. The topological polar surface area (TPSA) is 14.1 Å². The zero-order valence-electron chi connectivity index (χ0n) is 5.84. The van der Waals surface area contributed by atoms with Crippen LogP contribution < -0.4 is 0 Å². The van der Waals surface area contributed by atoms with Crippen molar-refractivity contribution in [2.75, 3.05) is 7.05 Å². The molecule has 0 unspecified atom stereocenters. The number of benzene rings is 1. The Bertz CT molecular complexity index is 210. The molecule has 0 aliphatic carbocycles. The summed E-state index contributed by atoms with van der Waals surface area (Å²) in [5.41, 5.74) is 1.24. The average Bonchev–Trinajstić information content (AvgIpc) is 1.94. The molecule has 10 heavy (non-hydrogen) atoms. The summed E-state index contributed by atoms with van der Waals surface area (Å²) in [6, 6.07) is 8.12. The smallest absolute Gasteiger partial charge is 0.0189 e. The second kappa shape index (κ2) is 3.74. The summed E-state index contributed by atoms with van der Waals surface area (Å²) in [5, 5.41) is 4.04. The van der Waals surface area contributed by atoms with E-state index in [1.807, 2.05) is 25.2 Å². The van der Waals surface area contributed by atoms with Crippen LogP contribution in [0.25, 0.3) is 5.32 Å². The number of hydrogen-bond donors (Lipinski definition) is 0. The van der Waals surface area contributed by atoms with Crippen LogP contribution in [0.15, 0.2) is 28.7 Å². The quantitative estimate of drug-likeness (QED) is 0.695. The summed E-state index contributed by atoms with van der Waals surface area (Å²) >= 11 is 3.44. The molecule has 2 heteroatoms. The number of hydrogen-bond acceptors (Lipinski definition) is 0. The summed E-state index contributed by atoms with van der Waals surface area (Å²) in [6.45, 7) is 0.793. The lowest BCUT2D eigenvalue weighted by molar-refractivity contribution is 1.18. The molecule has 0 saturated carbocycles. The van der Waals surface area contributed by atoms with Gasteiger partial charge in [-0.2, -0.15) is 7.05 Å². The lowest BCUT2D eigenvalue weighted by Crippen LogP contribution is -1.82. The van der Waals surface area contributed by atoms with E-state index in [1.165, 1.54) is 5.56 Å². The molecule has 0 spiro atoms. The van der Waals surface area contributed by atoms with Crippen molar-refractivity contribution in [1.82, 2.24) is 0 Å². The Balaban J connectivity index is 2.81. The molecule has 1 aromatic carbocycles. The van der Waals surface area contributed by atoms with Crippen LogP contribution in [0.4, 0.5) is 0 Å². The summed E-state index contributed by atoms with van der Waals surface area (Å²) < 4.78 is 1.14. The third-order valence-electron chi connectivity index (χ3n) is 1.29. The third kappa shape index (κ3) is 1.82. The largest absolute Gasteiger partial charge is 0.661 e. The van der Waals surface area contributed by atoms with Crippen molar-refractivity contribution < 1.29 is 0 Å². The first-order valence-corrected chi connectivity index (χ1v) is 3.93. The van der Waals surface area contributed by atoms with Gasteiger partial charge in [-0.25, -0.2) is 0 Å². The van der Waals surface area contributed by atoms with Crippen molar-refractivity contribution in [2.45, 2.75) is 6.54 Å². The first kappa shape index (κ1) is 7.76. The van der Waals surface area contributed by atoms with Crippen LogP contribution in [-0.2, 0) is 6.54 Å². The predicted octanol–water partition coefficient (Wildman–Crippen LogP) is 2.95. The maximum Gasteiger partial charge on any atom is 0.0189 e. The molecule has 1 nitrogen and oxygen atoms in total. The maximum atomic E-state index is 4.04. The molecule has 0 fully saturated rings. The molecule has 0 bridgehead atoms. The minimum atomic E-state index is 0.793. The van der Waals surface area contributed by atoms with Gasteiger partial charge < -0.3 is 5.32 Å². The van der Waals surface area contributed by atoms with Gasteiger partial charge in [-0.05, 0) is 6.07 Å².